The molecule has 23 heavy (non-hydrogen) atoms. The summed E-state index contributed by atoms with van der Waals surface area (Å²) in [7, 11) is 0. The average molecular weight is 311 g/mol. The highest BCUT2D eigenvalue weighted by Crippen LogP contribution is 2.27. The van der Waals surface area contributed by atoms with E-state index in [-0.39, 0.29) is 24.7 Å². The van der Waals surface area contributed by atoms with Crippen LogP contribution in [0.25, 0.3) is 0 Å². The molecule has 4 rings (SSSR count). The molecular weight excluding hydrogens is 294 g/mol. The summed E-state index contributed by atoms with van der Waals surface area (Å²) in [6.45, 7) is 2.10. The van der Waals surface area contributed by atoms with Crippen LogP contribution in [0.15, 0.2) is 43.0 Å². The second-order valence-electron chi connectivity index (χ2n) is 5.75. The summed E-state index contributed by atoms with van der Waals surface area (Å²) in [6, 6.07) is 5.69. The number of aromatic nitrogens is 3. The molecule has 2 aromatic heterocycles. The first-order valence-corrected chi connectivity index (χ1v) is 7.63. The molecule has 2 saturated heterocycles. The van der Waals surface area contributed by atoms with E-state index in [0.717, 1.165) is 5.56 Å². The second kappa shape index (κ2) is 5.92. The number of pyridine rings is 1. The molecule has 7 heteroatoms. The zero-order valence-electron chi connectivity index (χ0n) is 12.6. The topological polar surface area (TPSA) is 71.5 Å². The van der Waals surface area contributed by atoms with E-state index in [1.54, 1.807) is 30.9 Å². The van der Waals surface area contributed by atoms with Crippen molar-refractivity contribution in [3.63, 3.8) is 0 Å². The Balaban J connectivity index is 1.54. The molecule has 7 nitrogen and oxygen atoms in total. The van der Waals surface area contributed by atoms with Crippen LogP contribution in [-0.2, 0) is 16.1 Å². The maximum Gasteiger partial charge on any atom is 0.249 e. The highest BCUT2D eigenvalue weighted by Gasteiger charge is 2.43. The van der Waals surface area contributed by atoms with Crippen molar-refractivity contribution in [2.75, 3.05) is 24.6 Å². The average Bonchev–Trinajstić information content (AvgIpc) is 3.04. The number of anilines is 1. The monoisotopic (exact) mass is 311 g/mol. The van der Waals surface area contributed by atoms with E-state index >= 15 is 0 Å². The van der Waals surface area contributed by atoms with Crippen molar-refractivity contribution in [1.29, 1.82) is 0 Å². The van der Waals surface area contributed by atoms with Gasteiger partial charge in [0.15, 0.2) is 0 Å². The Morgan fingerprint density at radius 1 is 1.13 bits per heavy atom. The number of hydrogen-bond acceptors (Lipinski definition) is 6. The molecule has 2 atom stereocenters. The summed E-state index contributed by atoms with van der Waals surface area (Å²) in [5.74, 6) is 0.709. The van der Waals surface area contributed by atoms with Gasteiger partial charge in [-0.1, -0.05) is 0 Å². The van der Waals surface area contributed by atoms with Crippen LogP contribution in [0.4, 0.5) is 5.95 Å². The first-order valence-electron chi connectivity index (χ1n) is 7.63. The van der Waals surface area contributed by atoms with Crippen molar-refractivity contribution in [3.8, 4) is 0 Å². The number of amides is 1. The van der Waals surface area contributed by atoms with E-state index in [2.05, 4.69) is 19.9 Å². The van der Waals surface area contributed by atoms with Crippen molar-refractivity contribution >= 4 is 11.9 Å². The zero-order valence-corrected chi connectivity index (χ0v) is 12.6. The zero-order chi connectivity index (χ0) is 15.6. The number of hydrogen-bond donors (Lipinski definition) is 0. The summed E-state index contributed by atoms with van der Waals surface area (Å²) in [4.78, 5) is 28.9. The third-order valence-electron chi connectivity index (χ3n) is 4.32. The Labute approximate surface area is 133 Å². The highest BCUT2D eigenvalue weighted by molar-refractivity contribution is 5.79. The molecule has 0 saturated carbocycles. The lowest BCUT2D eigenvalue weighted by Gasteiger charge is -2.36. The minimum atomic E-state index is -0.00153. The van der Waals surface area contributed by atoms with Crippen LogP contribution in [0, 0.1) is 0 Å². The van der Waals surface area contributed by atoms with Gasteiger partial charge in [-0.3, -0.25) is 9.78 Å². The standard InChI is InChI=1S/C16H17N5O2/c22-15-11-23-14-10-20(16-18-4-1-5-19-16)9-13(14)21(15)8-12-2-6-17-7-3-12/h1-7,13-14H,8-11H2/t13-,14+/m1/s1. The molecule has 4 heterocycles. The number of morpholine rings is 1. The maximum absolute atomic E-state index is 12.3. The molecule has 118 valence electrons. The number of carbonyl (C=O) groups excluding carboxylic acids is 1. The first-order chi connectivity index (χ1) is 11.3. The largest absolute Gasteiger partial charge is 0.364 e. The molecule has 2 aromatic rings. The van der Waals surface area contributed by atoms with Gasteiger partial charge in [0.05, 0.1) is 12.1 Å². The van der Waals surface area contributed by atoms with Crippen molar-refractivity contribution < 1.29 is 9.53 Å². The quantitative estimate of drug-likeness (QED) is 0.821. The van der Waals surface area contributed by atoms with Crippen molar-refractivity contribution in [3.05, 3.63) is 48.5 Å². The van der Waals surface area contributed by atoms with Crippen LogP contribution in [0.1, 0.15) is 5.56 Å². The molecule has 0 radical (unpaired) electrons. The van der Waals surface area contributed by atoms with E-state index in [0.29, 0.717) is 25.6 Å². The van der Waals surface area contributed by atoms with Crippen molar-refractivity contribution in [1.82, 2.24) is 19.9 Å². The van der Waals surface area contributed by atoms with E-state index in [4.69, 9.17) is 4.74 Å². The molecule has 0 aromatic carbocycles. The SMILES string of the molecule is O=C1CO[C@H]2CN(c3ncccn3)C[C@H]2N1Cc1ccncc1. The third-order valence-corrected chi connectivity index (χ3v) is 4.32. The predicted molar refractivity (Wildman–Crippen MR) is 82.6 cm³/mol. The Bertz CT molecular complexity index is 681. The number of carbonyl (C=O) groups is 1. The van der Waals surface area contributed by atoms with Gasteiger partial charge in [-0.25, -0.2) is 9.97 Å². The fourth-order valence-corrected chi connectivity index (χ4v) is 3.17. The van der Waals surface area contributed by atoms with Gasteiger partial charge in [-0.15, -0.1) is 0 Å². The lowest BCUT2D eigenvalue weighted by atomic mass is 10.1. The number of nitrogens with zero attached hydrogens (tertiary/aromatic N) is 5. The molecule has 1 amide bonds. The summed E-state index contributed by atoms with van der Waals surface area (Å²) in [5.41, 5.74) is 1.07. The van der Waals surface area contributed by atoms with E-state index in [1.165, 1.54) is 0 Å². The summed E-state index contributed by atoms with van der Waals surface area (Å²) in [6.07, 6.45) is 6.95. The fraction of sp³-hybridized carbons (Fsp3) is 0.375. The van der Waals surface area contributed by atoms with Gasteiger partial charge in [0, 0.05) is 44.4 Å². The first kappa shape index (κ1) is 14.1. The van der Waals surface area contributed by atoms with Gasteiger partial charge in [0.2, 0.25) is 11.9 Å². The second-order valence-corrected chi connectivity index (χ2v) is 5.75. The highest BCUT2D eigenvalue weighted by atomic mass is 16.5. The Kier molecular flexibility index (Phi) is 3.63. The minimum Gasteiger partial charge on any atom is -0.364 e. The van der Waals surface area contributed by atoms with Crippen LogP contribution in [0.5, 0.6) is 0 Å². The lowest BCUT2D eigenvalue weighted by Crippen LogP contribution is -2.53. The van der Waals surface area contributed by atoms with Gasteiger partial charge < -0.3 is 14.5 Å². The van der Waals surface area contributed by atoms with Gasteiger partial charge in [0.25, 0.3) is 0 Å². The molecular formula is C16H17N5O2. The smallest absolute Gasteiger partial charge is 0.249 e. The normalized spacial score (nSPS) is 23.9. The molecule has 2 fully saturated rings. The number of fused-ring (bicyclic) bond motifs is 1. The van der Waals surface area contributed by atoms with Gasteiger partial charge in [-0.2, -0.15) is 0 Å². The summed E-state index contributed by atoms with van der Waals surface area (Å²) >= 11 is 0. The molecule has 0 bridgehead atoms. The van der Waals surface area contributed by atoms with Crippen LogP contribution in [-0.4, -0.2) is 57.6 Å². The Morgan fingerprint density at radius 2 is 1.91 bits per heavy atom. The van der Waals surface area contributed by atoms with Gasteiger partial charge >= 0.3 is 0 Å². The van der Waals surface area contributed by atoms with Crippen molar-refractivity contribution in [2.45, 2.75) is 18.7 Å². The predicted octanol–water partition coefficient (Wildman–Crippen LogP) is 0.488. The third kappa shape index (κ3) is 2.75. The maximum atomic E-state index is 12.3. The molecule has 2 aliphatic heterocycles. The van der Waals surface area contributed by atoms with Crippen LogP contribution < -0.4 is 4.90 Å². The van der Waals surface area contributed by atoms with E-state index < -0.39 is 0 Å². The summed E-state index contributed by atoms with van der Waals surface area (Å²) < 4.78 is 5.73. The minimum absolute atomic E-state index is 0.00153. The van der Waals surface area contributed by atoms with E-state index in [1.807, 2.05) is 17.0 Å². The van der Waals surface area contributed by atoms with E-state index in [9.17, 15) is 4.79 Å². The molecule has 0 spiro atoms. The molecule has 0 aliphatic carbocycles. The van der Waals surface area contributed by atoms with Crippen molar-refractivity contribution in [2.24, 2.45) is 0 Å². The lowest BCUT2D eigenvalue weighted by molar-refractivity contribution is -0.153. The Morgan fingerprint density at radius 3 is 2.70 bits per heavy atom. The van der Waals surface area contributed by atoms with Gasteiger partial charge in [0.1, 0.15) is 6.61 Å². The number of ether oxygens (including phenoxy) is 1. The molecule has 0 unspecified atom stereocenters. The fourth-order valence-electron chi connectivity index (χ4n) is 3.17. The van der Waals surface area contributed by atoms with Crippen LogP contribution in [0.3, 0.4) is 0 Å². The van der Waals surface area contributed by atoms with Crippen LogP contribution >= 0.6 is 0 Å². The summed E-state index contributed by atoms with van der Waals surface area (Å²) in [5, 5.41) is 0. The Hall–Kier alpha value is -2.54. The molecule has 0 N–H and O–H groups in total. The van der Waals surface area contributed by atoms with Gasteiger partial charge in [-0.05, 0) is 23.8 Å². The number of rotatable bonds is 3. The van der Waals surface area contributed by atoms with Crippen LogP contribution in [0.2, 0.25) is 0 Å². The molecule has 2 aliphatic rings.